The van der Waals surface area contributed by atoms with Crippen LogP contribution in [-0.4, -0.2) is 24.3 Å². The molecule has 0 aromatic heterocycles. The van der Waals surface area contributed by atoms with E-state index >= 15 is 0 Å². The number of fused-ring (bicyclic) bond motifs is 1. The van der Waals surface area contributed by atoms with Crippen LogP contribution in [0.5, 0.6) is 11.5 Å². The van der Waals surface area contributed by atoms with Gasteiger partial charge in [0.15, 0.2) is 11.5 Å². The number of hydrogen-bond donors (Lipinski definition) is 1. The topological polar surface area (TPSA) is 59.9 Å². The lowest BCUT2D eigenvalue weighted by molar-refractivity contribution is -0.130. The summed E-state index contributed by atoms with van der Waals surface area (Å²) in [6, 6.07) is 12.3. The second-order valence-corrected chi connectivity index (χ2v) is 6.01. The maximum Gasteiger partial charge on any atom is 0.284 e. The molecule has 0 fully saturated rings. The van der Waals surface area contributed by atoms with Gasteiger partial charge in [-0.2, -0.15) is 5.10 Å². The number of ether oxygens (including phenoxy) is 2. The summed E-state index contributed by atoms with van der Waals surface area (Å²) in [5, 5.41) is 5.07. The number of para-hydroxylation sites is 2. The number of rotatable bonds is 3. The molecule has 0 bridgehead atoms. The van der Waals surface area contributed by atoms with E-state index in [4.69, 9.17) is 32.7 Å². The highest BCUT2D eigenvalue weighted by atomic mass is 35.5. The normalized spacial score (nSPS) is 16.6. The van der Waals surface area contributed by atoms with Crippen molar-refractivity contribution >= 4 is 34.8 Å². The largest absolute Gasteiger partial charge is 0.485 e. The van der Waals surface area contributed by atoms with Gasteiger partial charge in [-0.25, -0.2) is 5.43 Å². The molecule has 2 aromatic rings. The monoisotopic (exact) mass is 364 g/mol. The van der Waals surface area contributed by atoms with E-state index in [-0.39, 0.29) is 6.61 Å². The third-order valence-corrected chi connectivity index (χ3v) is 4.00. The van der Waals surface area contributed by atoms with Gasteiger partial charge in [0.2, 0.25) is 6.10 Å². The molecule has 7 heteroatoms. The molecule has 0 spiro atoms. The van der Waals surface area contributed by atoms with Gasteiger partial charge >= 0.3 is 0 Å². The minimum atomic E-state index is -0.767. The van der Waals surface area contributed by atoms with Gasteiger partial charge in [0, 0.05) is 10.6 Å². The van der Waals surface area contributed by atoms with Gasteiger partial charge in [0.1, 0.15) is 6.61 Å². The Morgan fingerprint density at radius 1 is 1.21 bits per heavy atom. The first-order chi connectivity index (χ1) is 11.5. The summed E-state index contributed by atoms with van der Waals surface area (Å²) in [4.78, 5) is 12.2. The van der Waals surface area contributed by atoms with Crippen LogP contribution in [0.3, 0.4) is 0 Å². The molecule has 5 nitrogen and oxygen atoms in total. The van der Waals surface area contributed by atoms with Crippen molar-refractivity contribution in [2.75, 3.05) is 6.61 Å². The van der Waals surface area contributed by atoms with Gasteiger partial charge in [-0.1, -0.05) is 41.4 Å². The van der Waals surface area contributed by atoms with E-state index in [0.29, 0.717) is 32.8 Å². The maximum absolute atomic E-state index is 12.2. The molecule has 1 aliphatic heterocycles. The molecule has 1 unspecified atom stereocenters. The summed E-state index contributed by atoms with van der Waals surface area (Å²) in [5.41, 5.74) is 3.72. The van der Waals surface area contributed by atoms with E-state index in [0.717, 1.165) is 0 Å². The molecule has 0 aliphatic carbocycles. The van der Waals surface area contributed by atoms with E-state index in [1.807, 2.05) is 12.1 Å². The van der Waals surface area contributed by atoms with Crippen molar-refractivity contribution in [3.05, 3.63) is 58.1 Å². The van der Waals surface area contributed by atoms with Crippen LogP contribution in [0.25, 0.3) is 0 Å². The molecule has 3 rings (SSSR count). The third-order valence-electron chi connectivity index (χ3n) is 3.46. The second kappa shape index (κ2) is 7.11. The number of benzene rings is 2. The van der Waals surface area contributed by atoms with Gasteiger partial charge in [-0.05, 0) is 31.2 Å². The van der Waals surface area contributed by atoms with Crippen molar-refractivity contribution < 1.29 is 14.3 Å². The van der Waals surface area contributed by atoms with Crippen molar-refractivity contribution in [3.8, 4) is 11.5 Å². The number of nitrogens with zero attached hydrogens (tertiary/aromatic N) is 1. The summed E-state index contributed by atoms with van der Waals surface area (Å²) in [6.07, 6.45) is -0.767. The highest BCUT2D eigenvalue weighted by molar-refractivity contribution is 6.37. The molecule has 1 N–H and O–H groups in total. The fraction of sp³-hybridized carbons (Fsp3) is 0.176. The second-order valence-electron chi connectivity index (χ2n) is 5.16. The Hall–Kier alpha value is -2.24. The molecular formula is C17H14Cl2N2O3. The fourth-order valence-electron chi connectivity index (χ4n) is 2.20. The van der Waals surface area contributed by atoms with Crippen molar-refractivity contribution in [2.45, 2.75) is 13.0 Å². The standard InChI is InChI=1S/C17H14Cl2N2O3/c1-10(12-7-6-11(18)8-13(12)19)20-21-17(22)16-9-23-14-4-2-3-5-15(14)24-16/h2-8,16H,9H2,1H3,(H,21,22)/b20-10+. The Labute approximate surface area is 149 Å². The van der Waals surface area contributed by atoms with Crippen molar-refractivity contribution in [2.24, 2.45) is 5.10 Å². The Morgan fingerprint density at radius 2 is 1.96 bits per heavy atom. The molecule has 124 valence electrons. The molecule has 24 heavy (non-hydrogen) atoms. The minimum absolute atomic E-state index is 0.124. The number of hydrogen-bond acceptors (Lipinski definition) is 4. The lowest BCUT2D eigenvalue weighted by Gasteiger charge is -2.24. The molecule has 2 aromatic carbocycles. The molecule has 0 radical (unpaired) electrons. The maximum atomic E-state index is 12.2. The van der Waals surface area contributed by atoms with Crippen LogP contribution in [0.1, 0.15) is 12.5 Å². The van der Waals surface area contributed by atoms with E-state index < -0.39 is 12.0 Å². The van der Waals surface area contributed by atoms with Crippen molar-refractivity contribution in [3.63, 3.8) is 0 Å². The quantitative estimate of drug-likeness (QED) is 0.667. The predicted octanol–water partition coefficient (Wildman–Crippen LogP) is 3.67. The Balaban J connectivity index is 1.67. The minimum Gasteiger partial charge on any atom is -0.485 e. The molecule has 1 amide bonds. The number of halogens is 2. The average molecular weight is 365 g/mol. The van der Waals surface area contributed by atoms with E-state index in [1.165, 1.54) is 0 Å². The van der Waals surface area contributed by atoms with Gasteiger partial charge in [-0.3, -0.25) is 4.79 Å². The van der Waals surface area contributed by atoms with Crippen LogP contribution in [0, 0.1) is 0 Å². The molecular weight excluding hydrogens is 351 g/mol. The third kappa shape index (κ3) is 3.63. The molecule has 1 aliphatic rings. The van der Waals surface area contributed by atoms with Crippen molar-refractivity contribution in [1.82, 2.24) is 5.43 Å². The lowest BCUT2D eigenvalue weighted by atomic mass is 10.1. The summed E-state index contributed by atoms with van der Waals surface area (Å²) in [6.45, 7) is 1.86. The molecule has 0 saturated heterocycles. The summed E-state index contributed by atoms with van der Waals surface area (Å²) in [5.74, 6) is 0.758. The van der Waals surface area contributed by atoms with Gasteiger partial charge in [-0.15, -0.1) is 0 Å². The SMILES string of the molecule is C/C(=N\NC(=O)C1COc2ccccc2O1)c1ccc(Cl)cc1Cl. The van der Waals surface area contributed by atoms with Crippen LogP contribution in [0.4, 0.5) is 0 Å². The van der Waals surface area contributed by atoms with E-state index in [2.05, 4.69) is 10.5 Å². The highest BCUT2D eigenvalue weighted by Crippen LogP contribution is 2.30. The molecule has 0 saturated carbocycles. The molecule has 1 atom stereocenters. The molecule has 1 heterocycles. The zero-order valence-corrected chi connectivity index (χ0v) is 14.3. The number of hydrazone groups is 1. The lowest BCUT2D eigenvalue weighted by Crippen LogP contribution is -2.42. The Morgan fingerprint density at radius 3 is 2.71 bits per heavy atom. The van der Waals surface area contributed by atoms with Crippen LogP contribution in [-0.2, 0) is 4.79 Å². The van der Waals surface area contributed by atoms with Crippen LogP contribution in [0.2, 0.25) is 10.0 Å². The number of carbonyl (C=O) groups excluding carboxylic acids is 1. The Bertz CT molecular complexity index is 808. The first-order valence-corrected chi connectivity index (χ1v) is 7.98. The number of nitrogens with one attached hydrogen (secondary N) is 1. The summed E-state index contributed by atoms with van der Waals surface area (Å²) < 4.78 is 11.1. The van der Waals surface area contributed by atoms with Crippen molar-refractivity contribution in [1.29, 1.82) is 0 Å². The first kappa shape index (κ1) is 16.6. The van der Waals surface area contributed by atoms with Gasteiger partial charge in [0.25, 0.3) is 5.91 Å². The van der Waals surface area contributed by atoms with Crippen LogP contribution >= 0.6 is 23.2 Å². The highest BCUT2D eigenvalue weighted by Gasteiger charge is 2.27. The summed E-state index contributed by atoms with van der Waals surface area (Å²) in [7, 11) is 0. The average Bonchev–Trinajstić information content (AvgIpc) is 2.59. The van der Waals surface area contributed by atoms with E-state index in [9.17, 15) is 4.79 Å². The smallest absolute Gasteiger partial charge is 0.284 e. The number of amides is 1. The first-order valence-electron chi connectivity index (χ1n) is 7.22. The van der Waals surface area contributed by atoms with Crippen LogP contribution < -0.4 is 14.9 Å². The van der Waals surface area contributed by atoms with E-state index in [1.54, 1.807) is 37.3 Å². The summed E-state index contributed by atoms with van der Waals surface area (Å²) >= 11 is 12.0. The number of carbonyl (C=O) groups is 1. The Kier molecular flexibility index (Phi) is 4.92. The van der Waals surface area contributed by atoms with Gasteiger partial charge in [0.05, 0.1) is 10.7 Å². The van der Waals surface area contributed by atoms with Crippen LogP contribution in [0.15, 0.2) is 47.6 Å². The predicted molar refractivity (Wildman–Crippen MR) is 93.2 cm³/mol. The van der Waals surface area contributed by atoms with Gasteiger partial charge < -0.3 is 9.47 Å². The zero-order chi connectivity index (χ0) is 17.1. The fourth-order valence-corrected chi connectivity index (χ4v) is 2.75. The zero-order valence-electron chi connectivity index (χ0n) is 12.8.